The molecule has 0 aromatic rings. The molecule has 3 aliphatic rings. The Bertz CT molecular complexity index is 585. The summed E-state index contributed by atoms with van der Waals surface area (Å²) in [4.78, 5) is 0. The average molecular weight is 391 g/mol. The average Bonchev–Trinajstić information content (AvgIpc) is 2.49. The van der Waals surface area contributed by atoms with Crippen molar-refractivity contribution in [1.29, 1.82) is 0 Å². The number of fused-ring (bicyclic) bond motifs is 5. The quantitative estimate of drug-likeness (QED) is 0.386. The van der Waals surface area contributed by atoms with Crippen LogP contribution in [-0.2, 0) is 0 Å². The first-order chi connectivity index (χ1) is 11.8. The molecule has 28 heavy (non-hydrogen) atoms. The van der Waals surface area contributed by atoms with Crippen molar-refractivity contribution in [2.75, 3.05) is 0 Å². The Morgan fingerprint density at radius 1 is 0.179 bits per heavy atom. The first-order valence-electron chi connectivity index (χ1n) is 11.8. The van der Waals surface area contributed by atoms with Crippen LogP contribution >= 0.6 is 0 Å². The van der Waals surface area contributed by atoms with Crippen LogP contribution in [-0.4, -0.2) is 0 Å². The SMILES string of the molecule is CC1(C)C(C)(C)C(C)(C)C2(C)C(C)(C)C(C)(C)C(C)(C1(C)C)C(C)(C)C2(C)C. The normalized spacial score (nSPS) is 43.1. The lowest BCUT2D eigenvalue weighted by atomic mass is 9.16. The van der Waals surface area contributed by atoms with E-state index in [1.54, 1.807) is 0 Å². The first-order valence-corrected chi connectivity index (χ1v) is 11.8. The van der Waals surface area contributed by atoms with Gasteiger partial charge in [0.15, 0.2) is 0 Å². The molecule has 0 N–H and O–H groups in total. The van der Waals surface area contributed by atoms with E-state index in [-0.39, 0.29) is 54.1 Å². The van der Waals surface area contributed by atoms with Gasteiger partial charge in [0.2, 0.25) is 0 Å². The van der Waals surface area contributed by atoms with Crippen molar-refractivity contribution < 1.29 is 0 Å². The van der Waals surface area contributed by atoms with E-state index in [0.29, 0.717) is 0 Å². The predicted molar refractivity (Wildman–Crippen MR) is 126 cm³/mol. The molecule has 0 atom stereocenters. The molecule has 3 rings (SSSR count). The van der Waals surface area contributed by atoms with Crippen LogP contribution in [0.1, 0.15) is 125 Å². The highest BCUT2D eigenvalue weighted by Crippen LogP contribution is 2.90. The summed E-state index contributed by atoms with van der Waals surface area (Å²) in [6.07, 6.45) is 0. The molecule has 0 aromatic carbocycles. The first kappa shape index (κ1) is 24.3. The molecule has 0 amide bonds. The minimum atomic E-state index is 0.143. The van der Waals surface area contributed by atoms with E-state index in [9.17, 15) is 0 Å². The molecule has 3 fully saturated rings. The fraction of sp³-hybridized carbons (Fsp3) is 1.00. The van der Waals surface area contributed by atoms with E-state index in [1.807, 2.05) is 0 Å². The standard InChI is InChI=1S/C28H54/c1-19(2)20(3,4)22(7,8)28(18)25(13,14)23(9,10)27(17,21(19,5)6)24(11,12)26(28,15)16/h1-18H3. The number of rotatable bonds is 0. The highest BCUT2D eigenvalue weighted by Gasteiger charge is 2.85. The lowest BCUT2D eigenvalue weighted by molar-refractivity contribution is -0.409. The Labute approximate surface area is 179 Å². The second kappa shape index (κ2) is 5.07. The molecule has 3 saturated carbocycles. The summed E-state index contributed by atoms with van der Waals surface area (Å²) < 4.78 is 0. The second-order valence-electron chi connectivity index (χ2n) is 15.2. The van der Waals surface area contributed by atoms with E-state index in [0.717, 1.165) is 0 Å². The van der Waals surface area contributed by atoms with Crippen LogP contribution in [0.5, 0.6) is 0 Å². The summed E-state index contributed by atoms with van der Waals surface area (Å²) in [7, 11) is 0. The molecule has 0 unspecified atom stereocenters. The van der Waals surface area contributed by atoms with Crippen molar-refractivity contribution in [1.82, 2.24) is 0 Å². The molecule has 0 spiro atoms. The third kappa shape index (κ3) is 1.66. The number of hydrogen-bond donors (Lipinski definition) is 0. The maximum atomic E-state index is 2.66. The predicted octanol–water partition coefficient (Wildman–Crippen LogP) is 9.24. The molecular formula is C28H54. The minimum absolute atomic E-state index is 0.143. The molecule has 0 saturated heterocycles. The van der Waals surface area contributed by atoms with Gasteiger partial charge in [-0.25, -0.2) is 0 Å². The van der Waals surface area contributed by atoms with Gasteiger partial charge in [-0.15, -0.1) is 0 Å². The van der Waals surface area contributed by atoms with Crippen LogP contribution in [0, 0.1) is 54.1 Å². The third-order valence-corrected chi connectivity index (χ3v) is 15.3. The van der Waals surface area contributed by atoms with Crippen molar-refractivity contribution in [2.45, 2.75) is 125 Å². The summed E-state index contributed by atoms with van der Waals surface area (Å²) in [5, 5.41) is 0. The molecule has 0 heteroatoms. The van der Waals surface area contributed by atoms with E-state index < -0.39 is 0 Å². The van der Waals surface area contributed by atoms with Gasteiger partial charge in [0.05, 0.1) is 0 Å². The summed E-state index contributed by atoms with van der Waals surface area (Å²) >= 11 is 0. The highest BCUT2D eigenvalue weighted by atomic mass is 14.9. The molecule has 0 radical (unpaired) electrons. The summed E-state index contributed by atoms with van der Waals surface area (Å²) in [6, 6.07) is 0. The van der Waals surface area contributed by atoms with Crippen molar-refractivity contribution in [3.8, 4) is 0 Å². The van der Waals surface area contributed by atoms with Crippen LogP contribution in [0.3, 0.4) is 0 Å². The summed E-state index contributed by atoms with van der Waals surface area (Å²) in [6.45, 7) is 46.9. The molecular weight excluding hydrogens is 336 g/mol. The smallest absolute Gasteiger partial charge is 0.0156 e. The van der Waals surface area contributed by atoms with E-state index in [4.69, 9.17) is 0 Å². The van der Waals surface area contributed by atoms with E-state index in [1.165, 1.54) is 0 Å². The fourth-order valence-corrected chi connectivity index (χ4v) is 10.0. The number of hydrogen-bond acceptors (Lipinski definition) is 0. The maximum Gasteiger partial charge on any atom is -0.0156 e. The van der Waals surface area contributed by atoms with Gasteiger partial charge in [-0.2, -0.15) is 0 Å². The summed E-state index contributed by atoms with van der Waals surface area (Å²) in [5.41, 5.74) is 1.60. The van der Waals surface area contributed by atoms with Crippen LogP contribution in [0.25, 0.3) is 0 Å². The molecule has 0 aromatic heterocycles. The Balaban J connectivity index is 3.33. The topological polar surface area (TPSA) is 0 Å². The monoisotopic (exact) mass is 390 g/mol. The highest BCUT2D eigenvalue weighted by molar-refractivity contribution is 5.32. The van der Waals surface area contributed by atoms with Crippen LogP contribution in [0.4, 0.5) is 0 Å². The van der Waals surface area contributed by atoms with Crippen molar-refractivity contribution in [3.63, 3.8) is 0 Å². The molecule has 0 nitrogen and oxygen atoms in total. The molecule has 0 heterocycles. The van der Waals surface area contributed by atoms with Gasteiger partial charge in [-0.3, -0.25) is 0 Å². The Kier molecular flexibility index (Phi) is 4.39. The Morgan fingerprint density at radius 3 is 0.429 bits per heavy atom. The van der Waals surface area contributed by atoms with Crippen molar-refractivity contribution in [2.24, 2.45) is 54.1 Å². The van der Waals surface area contributed by atoms with Gasteiger partial charge >= 0.3 is 0 Å². The van der Waals surface area contributed by atoms with Crippen LogP contribution in [0.15, 0.2) is 0 Å². The largest absolute Gasteiger partial charge is 0.0588 e. The lowest BCUT2D eigenvalue weighted by Gasteiger charge is -2.88. The fourth-order valence-electron chi connectivity index (χ4n) is 10.0. The van der Waals surface area contributed by atoms with Gasteiger partial charge < -0.3 is 0 Å². The van der Waals surface area contributed by atoms with Gasteiger partial charge in [0, 0.05) is 0 Å². The molecule has 2 bridgehead atoms. The van der Waals surface area contributed by atoms with Gasteiger partial charge in [-0.05, 0) is 54.1 Å². The Hall–Kier alpha value is 0. The zero-order valence-electron chi connectivity index (χ0n) is 23.0. The minimum Gasteiger partial charge on any atom is -0.0588 e. The third-order valence-electron chi connectivity index (χ3n) is 15.3. The van der Waals surface area contributed by atoms with Crippen LogP contribution < -0.4 is 0 Å². The van der Waals surface area contributed by atoms with Crippen LogP contribution in [0.2, 0.25) is 0 Å². The van der Waals surface area contributed by atoms with Gasteiger partial charge in [0.25, 0.3) is 0 Å². The van der Waals surface area contributed by atoms with Gasteiger partial charge in [-0.1, -0.05) is 125 Å². The molecule has 3 aliphatic carbocycles. The zero-order valence-corrected chi connectivity index (χ0v) is 23.0. The van der Waals surface area contributed by atoms with Gasteiger partial charge in [0.1, 0.15) is 0 Å². The molecule has 166 valence electrons. The van der Waals surface area contributed by atoms with Crippen molar-refractivity contribution in [3.05, 3.63) is 0 Å². The summed E-state index contributed by atoms with van der Waals surface area (Å²) in [5.74, 6) is 0. The maximum absolute atomic E-state index is 2.66. The molecule has 0 aliphatic heterocycles. The van der Waals surface area contributed by atoms with Crippen molar-refractivity contribution >= 4 is 0 Å². The van der Waals surface area contributed by atoms with E-state index in [2.05, 4.69) is 125 Å². The second-order valence-corrected chi connectivity index (χ2v) is 15.2. The lowest BCUT2D eigenvalue weighted by Crippen LogP contribution is -2.83. The zero-order chi connectivity index (χ0) is 23.0. The Morgan fingerprint density at radius 2 is 0.286 bits per heavy atom. The van der Waals surface area contributed by atoms with E-state index >= 15 is 0 Å².